The number of rotatable bonds is 6. The molecule has 1 N–H and O–H groups in total. The Hall–Kier alpha value is -2.11. The molecular weight excluding hydrogens is 475 g/mol. The summed E-state index contributed by atoms with van der Waals surface area (Å²) in [6.45, 7) is -0.568. The number of alkyl halides is 3. The first-order chi connectivity index (χ1) is 13.3. The predicted octanol–water partition coefficient (Wildman–Crippen LogP) is 3.79. The second kappa shape index (κ2) is 8.72. The summed E-state index contributed by atoms with van der Waals surface area (Å²) in [5, 5.41) is 2.37. The van der Waals surface area contributed by atoms with Gasteiger partial charge in [0.15, 0.2) is 0 Å². The Bertz CT molecular complexity index is 994. The first-order valence-electron chi connectivity index (χ1n) is 8.22. The molecule has 0 aliphatic rings. The van der Waals surface area contributed by atoms with E-state index in [1.165, 1.54) is 30.1 Å². The molecule has 0 unspecified atom stereocenters. The van der Waals surface area contributed by atoms with Crippen LogP contribution in [0.3, 0.4) is 0 Å². The van der Waals surface area contributed by atoms with E-state index in [1.54, 1.807) is 26.2 Å². The van der Waals surface area contributed by atoms with Crippen molar-refractivity contribution in [1.29, 1.82) is 0 Å². The van der Waals surface area contributed by atoms with E-state index in [2.05, 4.69) is 21.2 Å². The van der Waals surface area contributed by atoms with Gasteiger partial charge in [-0.3, -0.25) is 4.79 Å². The van der Waals surface area contributed by atoms with Crippen LogP contribution < -0.4 is 10.2 Å². The Morgan fingerprint density at radius 2 is 1.66 bits per heavy atom. The van der Waals surface area contributed by atoms with Crippen LogP contribution in [0.2, 0.25) is 0 Å². The fourth-order valence-corrected chi connectivity index (χ4v) is 3.86. The zero-order valence-corrected chi connectivity index (χ0v) is 18.2. The van der Waals surface area contributed by atoms with Gasteiger partial charge in [0.1, 0.15) is 0 Å². The maximum Gasteiger partial charge on any atom is 0.416 e. The average Bonchev–Trinajstić information content (AvgIpc) is 2.60. The summed E-state index contributed by atoms with van der Waals surface area (Å²) in [4.78, 5) is 13.9. The molecule has 0 aliphatic heterocycles. The van der Waals surface area contributed by atoms with Crippen molar-refractivity contribution in [1.82, 2.24) is 4.31 Å². The van der Waals surface area contributed by atoms with Crippen molar-refractivity contribution in [3.8, 4) is 0 Å². The number of nitrogens with zero attached hydrogens (tertiary/aromatic N) is 2. The fourth-order valence-electron chi connectivity index (χ4n) is 2.47. The average molecular weight is 494 g/mol. The van der Waals surface area contributed by atoms with Gasteiger partial charge in [0.2, 0.25) is 15.9 Å². The van der Waals surface area contributed by atoms with Crippen LogP contribution in [-0.2, 0) is 21.0 Å². The molecule has 2 aromatic carbocycles. The summed E-state index contributed by atoms with van der Waals surface area (Å²) < 4.78 is 65.7. The van der Waals surface area contributed by atoms with Crippen molar-refractivity contribution in [2.75, 3.05) is 37.9 Å². The van der Waals surface area contributed by atoms with Crippen molar-refractivity contribution in [3.63, 3.8) is 0 Å². The van der Waals surface area contributed by atoms with Crippen LogP contribution in [0.25, 0.3) is 0 Å². The van der Waals surface area contributed by atoms with Crippen molar-refractivity contribution < 1.29 is 26.4 Å². The lowest BCUT2D eigenvalue weighted by molar-refractivity contribution is -0.137. The van der Waals surface area contributed by atoms with Crippen molar-refractivity contribution in [3.05, 3.63) is 52.5 Å². The Kier molecular flexibility index (Phi) is 6.97. The molecule has 11 heteroatoms. The normalized spacial score (nSPS) is 12.1. The monoisotopic (exact) mass is 493 g/mol. The lowest BCUT2D eigenvalue weighted by atomic mass is 10.1. The van der Waals surface area contributed by atoms with Crippen LogP contribution in [0.1, 0.15) is 5.56 Å². The number of carbonyl (C=O) groups excluding carboxylic acids is 1. The molecule has 1 amide bonds. The van der Waals surface area contributed by atoms with Gasteiger partial charge in [-0.1, -0.05) is 15.9 Å². The van der Waals surface area contributed by atoms with E-state index >= 15 is 0 Å². The lowest BCUT2D eigenvalue weighted by Crippen LogP contribution is -2.35. The van der Waals surface area contributed by atoms with Crippen LogP contribution in [0.5, 0.6) is 0 Å². The van der Waals surface area contributed by atoms with Gasteiger partial charge in [0.05, 0.1) is 28.4 Å². The summed E-state index contributed by atoms with van der Waals surface area (Å²) in [6.07, 6.45) is -4.58. The first-order valence-corrected chi connectivity index (χ1v) is 10.5. The number of sulfonamides is 1. The number of hydrogen-bond donors (Lipinski definition) is 1. The van der Waals surface area contributed by atoms with E-state index in [0.717, 1.165) is 16.4 Å². The third-order valence-electron chi connectivity index (χ3n) is 3.97. The van der Waals surface area contributed by atoms with E-state index in [1.807, 2.05) is 0 Å². The number of carbonyl (C=O) groups is 1. The topological polar surface area (TPSA) is 69.7 Å². The molecule has 29 heavy (non-hydrogen) atoms. The highest BCUT2D eigenvalue weighted by molar-refractivity contribution is 9.10. The Morgan fingerprint density at radius 1 is 1.07 bits per heavy atom. The number of likely N-dealkylation sites (N-methyl/N-ethyl adjacent to an activating group) is 1. The number of anilines is 2. The van der Waals surface area contributed by atoms with Crippen molar-refractivity contribution in [2.24, 2.45) is 0 Å². The number of hydrogen-bond acceptors (Lipinski definition) is 4. The van der Waals surface area contributed by atoms with Gasteiger partial charge >= 0.3 is 6.18 Å². The quantitative estimate of drug-likeness (QED) is 0.664. The van der Waals surface area contributed by atoms with Crippen LogP contribution in [0.4, 0.5) is 24.5 Å². The smallest absolute Gasteiger partial charge is 0.376 e. The minimum absolute atomic E-state index is 0.0101. The zero-order chi connectivity index (χ0) is 22.0. The third kappa shape index (κ3) is 5.71. The highest BCUT2D eigenvalue weighted by atomic mass is 79.9. The maximum absolute atomic E-state index is 13.0. The summed E-state index contributed by atoms with van der Waals surface area (Å²) in [5.74, 6) is -0.768. The molecule has 0 fully saturated rings. The summed E-state index contributed by atoms with van der Waals surface area (Å²) >= 11 is 3.21. The molecule has 0 heterocycles. The lowest BCUT2D eigenvalue weighted by Gasteiger charge is -2.21. The summed E-state index contributed by atoms with van der Waals surface area (Å²) in [5.41, 5.74) is -0.636. The Labute approximate surface area is 175 Å². The second-order valence-corrected chi connectivity index (χ2v) is 9.35. The van der Waals surface area contributed by atoms with Gasteiger partial charge in [-0.05, 0) is 42.5 Å². The minimum atomic E-state index is -4.58. The van der Waals surface area contributed by atoms with Gasteiger partial charge in [-0.2, -0.15) is 17.5 Å². The van der Waals surface area contributed by atoms with E-state index in [-0.39, 0.29) is 10.6 Å². The van der Waals surface area contributed by atoms with Gasteiger partial charge in [0, 0.05) is 25.6 Å². The highest BCUT2D eigenvalue weighted by Gasteiger charge is 2.31. The van der Waals surface area contributed by atoms with Crippen LogP contribution >= 0.6 is 15.9 Å². The third-order valence-corrected chi connectivity index (χ3v) is 6.31. The largest absolute Gasteiger partial charge is 0.416 e. The molecule has 6 nitrogen and oxygen atoms in total. The fraction of sp³-hybridized carbons (Fsp3) is 0.278. The zero-order valence-electron chi connectivity index (χ0n) is 15.8. The van der Waals surface area contributed by atoms with Crippen molar-refractivity contribution >= 4 is 43.2 Å². The molecular formula is C18H19BrF3N3O3S. The van der Waals surface area contributed by atoms with Gasteiger partial charge in [-0.25, -0.2) is 8.42 Å². The maximum atomic E-state index is 13.0. The molecule has 2 rings (SSSR count). The molecule has 0 radical (unpaired) electrons. The van der Waals surface area contributed by atoms with Gasteiger partial charge < -0.3 is 10.2 Å². The number of benzene rings is 2. The molecule has 158 valence electrons. The van der Waals surface area contributed by atoms with Crippen LogP contribution in [0.15, 0.2) is 51.8 Å². The van der Waals surface area contributed by atoms with Gasteiger partial charge in [-0.15, -0.1) is 0 Å². The first kappa shape index (κ1) is 23.2. The Morgan fingerprint density at radius 3 is 2.17 bits per heavy atom. The van der Waals surface area contributed by atoms with E-state index < -0.39 is 34.2 Å². The van der Waals surface area contributed by atoms with Crippen LogP contribution in [0, 0.1) is 0 Å². The van der Waals surface area contributed by atoms with Crippen LogP contribution in [-0.4, -0.2) is 46.3 Å². The van der Waals surface area contributed by atoms with E-state index in [9.17, 15) is 26.4 Å². The van der Waals surface area contributed by atoms with E-state index in [4.69, 9.17) is 0 Å². The standard InChI is InChI=1S/C18H19BrF3N3O3S/c1-24(2)16-9-4-12(18(20,21)22)10-15(16)23-17(26)11-25(3)29(27,28)14-7-5-13(19)6-8-14/h4-10H,11H2,1-3H3,(H,23,26). The molecule has 0 bridgehead atoms. The number of halogens is 4. The molecule has 0 saturated heterocycles. The molecule has 2 aromatic rings. The number of nitrogens with one attached hydrogen (secondary N) is 1. The predicted molar refractivity (Wildman–Crippen MR) is 108 cm³/mol. The summed E-state index contributed by atoms with van der Waals surface area (Å²) in [6, 6.07) is 8.82. The Balaban J connectivity index is 2.22. The van der Waals surface area contributed by atoms with Gasteiger partial charge in [0.25, 0.3) is 0 Å². The highest BCUT2D eigenvalue weighted by Crippen LogP contribution is 2.35. The minimum Gasteiger partial charge on any atom is -0.376 e. The molecule has 0 spiro atoms. The molecule has 0 aromatic heterocycles. The SMILES string of the molecule is CN(C)c1ccc(C(F)(F)F)cc1NC(=O)CN(C)S(=O)(=O)c1ccc(Br)cc1. The van der Waals surface area contributed by atoms with E-state index in [0.29, 0.717) is 10.2 Å². The summed E-state index contributed by atoms with van der Waals surface area (Å²) in [7, 11) is 0.505. The number of amides is 1. The molecule has 0 atom stereocenters. The molecule has 0 saturated carbocycles. The van der Waals surface area contributed by atoms with Crippen molar-refractivity contribution in [2.45, 2.75) is 11.1 Å². The molecule has 0 aliphatic carbocycles. The second-order valence-electron chi connectivity index (χ2n) is 6.39.